The number of aromatic hydroxyl groups is 1. The van der Waals surface area contributed by atoms with Crippen molar-refractivity contribution in [1.29, 1.82) is 0 Å². The number of carbonyl (C=O) groups is 3. The molecule has 0 aliphatic rings. The Hall–Kier alpha value is -4.74. The molecule has 0 radical (unpaired) electrons. The van der Waals surface area contributed by atoms with Gasteiger partial charge >= 0.3 is 11.6 Å². The van der Waals surface area contributed by atoms with Crippen molar-refractivity contribution in [3.63, 3.8) is 0 Å². The van der Waals surface area contributed by atoms with Crippen molar-refractivity contribution < 1.29 is 33.6 Å². The molecular weight excluding hydrogens is 450 g/mol. The first-order valence-electron chi connectivity index (χ1n) is 9.83. The number of phenols is 1. The highest BCUT2D eigenvalue weighted by molar-refractivity contribution is 5.99. The third-order valence-electron chi connectivity index (χ3n) is 4.78. The van der Waals surface area contributed by atoms with Crippen molar-refractivity contribution in [3.05, 3.63) is 80.2 Å². The van der Waals surface area contributed by atoms with E-state index in [9.17, 15) is 34.4 Å². The topological polar surface area (TPSA) is 178 Å². The Balaban J connectivity index is 1.68. The zero-order chi connectivity index (χ0) is 24.8. The number of rotatable bonds is 8. The SMILES string of the molecule is COC(=O)[C@H](Cc1ccc(O)cc1)NC(=O)CNC(=O)c1cc2cc([N+](=O)[O-])ccc2oc1=O. The van der Waals surface area contributed by atoms with Crippen molar-refractivity contribution in [2.75, 3.05) is 13.7 Å². The first kappa shape index (κ1) is 23.9. The van der Waals surface area contributed by atoms with E-state index in [-0.39, 0.29) is 28.8 Å². The third-order valence-corrected chi connectivity index (χ3v) is 4.78. The molecule has 12 nitrogen and oxygen atoms in total. The summed E-state index contributed by atoms with van der Waals surface area (Å²) in [5, 5.41) is 25.1. The molecule has 12 heteroatoms. The first-order chi connectivity index (χ1) is 16.2. The van der Waals surface area contributed by atoms with Gasteiger partial charge in [-0.3, -0.25) is 19.7 Å². The minimum Gasteiger partial charge on any atom is -0.508 e. The van der Waals surface area contributed by atoms with E-state index in [4.69, 9.17) is 9.15 Å². The van der Waals surface area contributed by atoms with Crippen LogP contribution < -0.4 is 16.3 Å². The highest BCUT2D eigenvalue weighted by atomic mass is 16.6. The molecule has 3 rings (SSSR count). The Morgan fingerprint density at radius 2 is 1.85 bits per heavy atom. The largest absolute Gasteiger partial charge is 0.508 e. The number of fused-ring (bicyclic) bond motifs is 1. The number of nitrogens with one attached hydrogen (secondary N) is 2. The fraction of sp³-hybridized carbons (Fsp3) is 0.182. The van der Waals surface area contributed by atoms with Gasteiger partial charge < -0.3 is 24.9 Å². The maximum atomic E-state index is 12.4. The molecule has 0 saturated carbocycles. The van der Waals surface area contributed by atoms with Gasteiger partial charge in [-0.2, -0.15) is 0 Å². The van der Waals surface area contributed by atoms with Crippen LogP contribution in [0.5, 0.6) is 5.75 Å². The number of methoxy groups -OCH3 is 1. The summed E-state index contributed by atoms with van der Waals surface area (Å²) in [4.78, 5) is 59.2. The van der Waals surface area contributed by atoms with E-state index < -0.39 is 46.5 Å². The van der Waals surface area contributed by atoms with Crippen LogP contribution in [0.3, 0.4) is 0 Å². The lowest BCUT2D eigenvalue weighted by atomic mass is 10.1. The molecular formula is C22H19N3O9. The number of nitrogens with zero attached hydrogens (tertiary/aromatic N) is 1. The quantitative estimate of drug-likeness (QED) is 0.188. The number of hydrogen-bond donors (Lipinski definition) is 3. The third kappa shape index (κ3) is 5.73. The van der Waals surface area contributed by atoms with Crippen LogP contribution >= 0.6 is 0 Å². The number of phenolic OH excluding ortho intramolecular Hbond substituents is 1. The zero-order valence-electron chi connectivity index (χ0n) is 17.8. The van der Waals surface area contributed by atoms with Crippen LogP contribution in [0.25, 0.3) is 11.0 Å². The summed E-state index contributed by atoms with van der Waals surface area (Å²) in [5.41, 5.74) is -0.997. The smallest absolute Gasteiger partial charge is 0.349 e. The highest BCUT2D eigenvalue weighted by Crippen LogP contribution is 2.20. The van der Waals surface area contributed by atoms with Gasteiger partial charge in [0.05, 0.1) is 18.6 Å². The molecule has 0 fully saturated rings. The number of non-ortho nitro benzene ring substituents is 1. The van der Waals surface area contributed by atoms with Gasteiger partial charge in [-0.15, -0.1) is 0 Å². The molecule has 34 heavy (non-hydrogen) atoms. The van der Waals surface area contributed by atoms with E-state index in [2.05, 4.69) is 10.6 Å². The number of nitro groups is 1. The van der Waals surface area contributed by atoms with Crippen molar-refractivity contribution >= 4 is 34.4 Å². The van der Waals surface area contributed by atoms with Gasteiger partial charge in [-0.05, 0) is 29.8 Å². The van der Waals surface area contributed by atoms with E-state index in [1.807, 2.05) is 0 Å². The lowest BCUT2D eigenvalue weighted by molar-refractivity contribution is -0.384. The van der Waals surface area contributed by atoms with Gasteiger partial charge in [-0.25, -0.2) is 9.59 Å². The summed E-state index contributed by atoms with van der Waals surface area (Å²) >= 11 is 0. The summed E-state index contributed by atoms with van der Waals surface area (Å²) in [6, 6.07) is 9.60. The Morgan fingerprint density at radius 1 is 1.15 bits per heavy atom. The van der Waals surface area contributed by atoms with Crippen LogP contribution in [-0.2, 0) is 20.7 Å². The first-order valence-corrected chi connectivity index (χ1v) is 9.83. The van der Waals surface area contributed by atoms with E-state index in [0.717, 1.165) is 25.3 Å². The summed E-state index contributed by atoms with van der Waals surface area (Å²) in [5.74, 6) is -2.35. The summed E-state index contributed by atoms with van der Waals surface area (Å²) in [7, 11) is 1.16. The molecule has 0 aliphatic heterocycles. The highest BCUT2D eigenvalue weighted by Gasteiger charge is 2.23. The maximum absolute atomic E-state index is 12.4. The molecule has 176 valence electrons. The molecule has 0 saturated heterocycles. The average molecular weight is 469 g/mol. The molecule has 2 amide bonds. The molecule has 2 aromatic carbocycles. The number of nitro benzene ring substituents is 1. The standard InChI is InChI=1S/C22H19N3O9/c1-33-22(30)17(8-12-2-5-15(26)6-3-12)24-19(27)11-23-20(28)16-10-13-9-14(25(31)32)4-7-18(13)34-21(16)29/h2-7,9-10,17,26H,8,11H2,1H3,(H,23,28)(H,24,27)/t17-/m0/s1. The predicted octanol–water partition coefficient (Wildman–Crippen LogP) is 1.04. The molecule has 0 spiro atoms. The predicted molar refractivity (Wildman–Crippen MR) is 117 cm³/mol. The molecule has 0 aliphatic carbocycles. The van der Waals surface area contributed by atoms with Crippen LogP contribution in [-0.4, -0.2) is 47.5 Å². The minimum absolute atomic E-state index is 0.0397. The van der Waals surface area contributed by atoms with E-state index >= 15 is 0 Å². The van der Waals surface area contributed by atoms with E-state index in [0.29, 0.717) is 5.56 Å². The van der Waals surface area contributed by atoms with Crippen LogP contribution in [0.1, 0.15) is 15.9 Å². The number of ether oxygens (including phenoxy) is 1. The Labute approximate surface area is 191 Å². The number of amides is 2. The second kappa shape index (κ2) is 10.3. The van der Waals surface area contributed by atoms with Gasteiger partial charge in [0.15, 0.2) is 0 Å². The molecule has 0 unspecified atom stereocenters. The van der Waals surface area contributed by atoms with Crippen LogP contribution in [0.4, 0.5) is 5.69 Å². The van der Waals surface area contributed by atoms with Crippen molar-refractivity contribution in [2.24, 2.45) is 0 Å². The van der Waals surface area contributed by atoms with Crippen LogP contribution in [0.15, 0.2) is 57.7 Å². The minimum atomic E-state index is -1.06. The van der Waals surface area contributed by atoms with Gasteiger partial charge in [0.2, 0.25) is 5.91 Å². The zero-order valence-corrected chi connectivity index (χ0v) is 17.8. The molecule has 1 aromatic heterocycles. The van der Waals surface area contributed by atoms with Gasteiger partial charge in [0.25, 0.3) is 11.6 Å². The van der Waals surface area contributed by atoms with Gasteiger partial charge in [0.1, 0.15) is 22.9 Å². The number of hydrogen-bond acceptors (Lipinski definition) is 9. The lowest BCUT2D eigenvalue weighted by Crippen LogP contribution is -2.47. The fourth-order valence-electron chi connectivity index (χ4n) is 3.09. The van der Waals surface area contributed by atoms with Gasteiger partial charge in [0, 0.05) is 23.9 Å². The number of carbonyl (C=O) groups excluding carboxylic acids is 3. The molecule has 3 aromatic rings. The van der Waals surface area contributed by atoms with Crippen molar-refractivity contribution in [2.45, 2.75) is 12.5 Å². The fourth-order valence-corrected chi connectivity index (χ4v) is 3.09. The van der Waals surface area contributed by atoms with E-state index in [1.165, 1.54) is 18.2 Å². The maximum Gasteiger partial charge on any atom is 0.349 e. The molecule has 1 heterocycles. The normalized spacial score (nSPS) is 11.4. The Kier molecular flexibility index (Phi) is 7.21. The Bertz CT molecular complexity index is 1320. The monoisotopic (exact) mass is 469 g/mol. The molecule has 3 N–H and O–H groups in total. The van der Waals surface area contributed by atoms with E-state index in [1.54, 1.807) is 12.1 Å². The summed E-state index contributed by atoms with van der Waals surface area (Å²) in [6.07, 6.45) is 0.0691. The summed E-state index contributed by atoms with van der Waals surface area (Å²) < 4.78 is 9.72. The second-order valence-electron chi connectivity index (χ2n) is 7.12. The molecule has 0 bridgehead atoms. The van der Waals surface area contributed by atoms with Gasteiger partial charge in [-0.1, -0.05) is 12.1 Å². The number of benzene rings is 2. The van der Waals surface area contributed by atoms with Crippen molar-refractivity contribution in [3.8, 4) is 5.75 Å². The van der Waals surface area contributed by atoms with Crippen LogP contribution in [0.2, 0.25) is 0 Å². The van der Waals surface area contributed by atoms with Crippen LogP contribution in [0, 0.1) is 10.1 Å². The summed E-state index contributed by atoms with van der Waals surface area (Å²) in [6.45, 7) is -0.575. The number of esters is 1. The Morgan fingerprint density at radius 3 is 2.50 bits per heavy atom. The average Bonchev–Trinajstić information content (AvgIpc) is 2.82. The lowest BCUT2D eigenvalue weighted by Gasteiger charge is -2.17. The molecule has 1 atom stereocenters. The van der Waals surface area contributed by atoms with Crippen molar-refractivity contribution in [1.82, 2.24) is 10.6 Å². The second-order valence-corrected chi connectivity index (χ2v) is 7.12.